The summed E-state index contributed by atoms with van der Waals surface area (Å²) < 4.78 is 5.16. The molecular weight excluding hydrogens is 380 g/mol. The molecule has 2 rings (SSSR count). The number of ketones is 1. The minimum Gasteiger partial charge on any atom is -0.449 e. The lowest BCUT2D eigenvalue weighted by Crippen LogP contribution is -2.50. The van der Waals surface area contributed by atoms with Crippen LogP contribution in [0.15, 0.2) is 41.8 Å². The van der Waals surface area contributed by atoms with Crippen LogP contribution in [0.2, 0.25) is 0 Å². The SMILES string of the molecule is C[C@@H](OC(=O)c1ccccc1C(=O)c1cccs1)C(=O)NC(=O)NC(C)(C)C. The highest BCUT2D eigenvalue weighted by Crippen LogP contribution is 2.19. The Balaban J connectivity index is 2.08. The molecule has 1 heterocycles. The normalized spacial score (nSPS) is 12.0. The van der Waals surface area contributed by atoms with Crippen LogP contribution in [0.4, 0.5) is 4.79 Å². The molecule has 1 aromatic heterocycles. The average molecular weight is 402 g/mol. The van der Waals surface area contributed by atoms with E-state index in [9.17, 15) is 19.2 Å². The first kappa shape index (κ1) is 21.3. The van der Waals surface area contributed by atoms with Crippen molar-refractivity contribution in [1.82, 2.24) is 10.6 Å². The van der Waals surface area contributed by atoms with E-state index in [4.69, 9.17) is 4.74 Å². The van der Waals surface area contributed by atoms with Crippen molar-refractivity contribution in [2.24, 2.45) is 0 Å². The molecule has 0 aliphatic heterocycles. The standard InChI is InChI=1S/C20H22N2O5S/c1-12(17(24)21-19(26)22-20(2,3)4)27-18(25)14-9-6-5-8-13(14)16(23)15-10-7-11-28-15/h5-12H,1-4H3,(H2,21,22,24,26)/t12-/m1/s1. The number of rotatable bonds is 5. The van der Waals surface area contributed by atoms with E-state index in [0.717, 1.165) is 0 Å². The summed E-state index contributed by atoms with van der Waals surface area (Å²) in [5.41, 5.74) is -0.279. The predicted octanol–water partition coefficient (Wildman–Crippen LogP) is 3.15. The molecule has 0 unspecified atom stereocenters. The zero-order chi connectivity index (χ0) is 20.9. The Morgan fingerprint density at radius 2 is 1.64 bits per heavy atom. The topological polar surface area (TPSA) is 102 Å². The number of hydrogen-bond acceptors (Lipinski definition) is 6. The van der Waals surface area contributed by atoms with Gasteiger partial charge in [0.1, 0.15) is 0 Å². The summed E-state index contributed by atoms with van der Waals surface area (Å²) in [6.45, 7) is 6.65. The van der Waals surface area contributed by atoms with Gasteiger partial charge < -0.3 is 10.1 Å². The lowest BCUT2D eigenvalue weighted by Gasteiger charge is -2.21. The second-order valence-corrected chi connectivity index (χ2v) is 8.04. The number of ether oxygens (including phenoxy) is 1. The van der Waals surface area contributed by atoms with Crippen molar-refractivity contribution >= 4 is 35.0 Å². The van der Waals surface area contributed by atoms with Crippen LogP contribution in [0.25, 0.3) is 0 Å². The fourth-order valence-electron chi connectivity index (χ4n) is 2.26. The first-order valence-corrected chi connectivity index (χ1v) is 9.47. The second kappa shape index (κ2) is 8.79. The average Bonchev–Trinajstić information content (AvgIpc) is 3.13. The van der Waals surface area contributed by atoms with Gasteiger partial charge in [0, 0.05) is 11.1 Å². The van der Waals surface area contributed by atoms with Crippen LogP contribution in [-0.4, -0.2) is 35.3 Å². The van der Waals surface area contributed by atoms with Crippen molar-refractivity contribution in [3.05, 3.63) is 57.8 Å². The van der Waals surface area contributed by atoms with Crippen LogP contribution in [0.3, 0.4) is 0 Å². The molecule has 0 spiro atoms. The van der Waals surface area contributed by atoms with E-state index >= 15 is 0 Å². The number of carbonyl (C=O) groups is 4. The summed E-state index contributed by atoms with van der Waals surface area (Å²) >= 11 is 1.27. The minimum absolute atomic E-state index is 0.0553. The maximum absolute atomic E-state index is 12.6. The molecule has 2 aromatic rings. The first-order valence-electron chi connectivity index (χ1n) is 8.59. The van der Waals surface area contributed by atoms with E-state index in [-0.39, 0.29) is 16.9 Å². The fourth-order valence-corrected chi connectivity index (χ4v) is 2.94. The number of benzene rings is 1. The zero-order valence-electron chi connectivity index (χ0n) is 16.1. The minimum atomic E-state index is -1.22. The molecule has 0 aliphatic carbocycles. The van der Waals surface area contributed by atoms with Gasteiger partial charge in [0.2, 0.25) is 5.78 Å². The van der Waals surface area contributed by atoms with Crippen LogP contribution in [0, 0.1) is 0 Å². The number of thiophene rings is 1. The zero-order valence-corrected chi connectivity index (χ0v) is 16.9. The molecule has 0 radical (unpaired) electrons. The Bertz CT molecular complexity index is 884. The van der Waals surface area contributed by atoms with Gasteiger partial charge in [-0.25, -0.2) is 9.59 Å². The van der Waals surface area contributed by atoms with Gasteiger partial charge in [-0.3, -0.25) is 14.9 Å². The number of amides is 3. The van der Waals surface area contributed by atoms with Gasteiger partial charge in [-0.2, -0.15) is 0 Å². The van der Waals surface area contributed by atoms with E-state index < -0.39 is 29.6 Å². The first-order chi connectivity index (χ1) is 13.1. The van der Waals surface area contributed by atoms with Gasteiger partial charge >= 0.3 is 12.0 Å². The van der Waals surface area contributed by atoms with Crippen molar-refractivity contribution in [3.63, 3.8) is 0 Å². The molecule has 3 amide bonds. The Morgan fingerprint density at radius 1 is 1.00 bits per heavy atom. The second-order valence-electron chi connectivity index (χ2n) is 7.09. The summed E-state index contributed by atoms with van der Waals surface area (Å²) in [5.74, 6) is -1.89. The molecule has 8 heteroatoms. The Morgan fingerprint density at radius 3 is 2.21 bits per heavy atom. The molecule has 28 heavy (non-hydrogen) atoms. The van der Waals surface area contributed by atoms with E-state index in [2.05, 4.69) is 10.6 Å². The summed E-state index contributed by atoms with van der Waals surface area (Å²) in [6.07, 6.45) is -1.22. The number of urea groups is 1. The van der Waals surface area contributed by atoms with Crippen molar-refractivity contribution in [3.8, 4) is 0 Å². The van der Waals surface area contributed by atoms with Crippen LogP contribution in [0.5, 0.6) is 0 Å². The molecular formula is C20H22N2O5S. The van der Waals surface area contributed by atoms with Gasteiger partial charge in [-0.1, -0.05) is 24.3 Å². The van der Waals surface area contributed by atoms with Gasteiger partial charge in [-0.05, 0) is 45.2 Å². The predicted molar refractivity (Wildman–Crippen MR) is 105 cm³/mol. The Hall–Kier alpha value is -3.00. The highest BCUT2D eigenvalue weighted by Gasteiger charge is 2.25. The molecule has 7 nitrogen and oxygen atoms in total. The van der Waals surface area contributed by atoms with Gasteiger partial charge in [0.05, 0.1) is 10.4 Å². The van der Waals surface area contributed by atoms with E-state index in [0.29, 0.717) is 4.88 Å². The molecule has 0 aliphatic rings. The van der Waals surface area contributed by atoms with Crippen molar-refractivity contribution in [1.29, 1.82) is 0 Å². The smallest absolute Gasteiger partial charge is 0.339 e. The maximum atomic E-state index is 12.6. The molecule has 0 bridgehead atoms. The lowest BCUT2D eigenvalue weighted by molar-refractivity contribution is -0.127. The number of hydrogen-bond donors (Lipinski definition) is 2. The molecule has 148 valence electrons. The van der Waals surface area contributed by atoms with Gasteiger partial charge in [0.15, 0.2) is 6.10 Å². The van der Waals surface area contributed by atoms with E-state index in [1.807, 2.05) is 0 Å². The van der Waals surface area contributed by atoms with Gasteiger partial charge in [-0.15, -0.1) is 11.3 Å². The van der Waals surface area contributed by atoms with Crippen molar-refractivity contribution in [2.45, 2.75) is 39.3 Å². The number of carbonyl (C=O) groups excluding carboxylic acids is 4. The molecule has 0 fully saturated rings. The maximum Gasteiger partial charge on any atom is 0.339 e. The summed E-state index contributed by atoms with van der Waals surface area (Å²) in [6, 6.07) is 8.95. The third kappa shape index (κ3) is 5.75. The molecule has 1 atom stereocenters. The molecule has 0 saturated heterocycles. The highest BCUT2D eigenvalue weighted by molar-refractivity contribution is 7.12. The molecule has 1 aromatic carbocycles. The van der Waals surface area contributed by atoms with Gasteiger partial charge in [0.25, 0.3) is 5.91 Å². The lowest BCUT2D eigenvalue weighted by atomic mass is 10.0. The number of esters is 1. The van der Waals surface area contributed by atoms with Crippen LogP contribution in [0.1, 0.15) is 53.3 Å². The highest BCUT2D eigenvalue weighted by atomic mass is 32.1. The number of imide groups is 1. The van der Waals surface area contributed by atoms with Crippen molar-refractivity contribution in [2.75, 3.05) is 0 Å². The summed E-state index contributed by atoms with van der Waals surface area (Å²) in [7, 11) is 0. The van der Waals surface area contributed by atoms with E-state index in [1.165, 1.54) is 30.4 Å². The Labute approximate surface area is 167 Å². The van der Waals surface area contributed by atoms with Crippen LogP contribution >= 0.6 is 11.3 Å². The van der Waals surface area contributed by atoms with E-state index in [1.54, 1.807) is 50.4 Å². The summed E-state index contributed by atoms with van der Waals surface area (Å²) in [4.78, 5) is 49.5. The van der Waals surface area contributed by atoms with Crippen LogP contribution < -0.4 is 10.6 Å². The third-order valence-electron chi connectivity index (χ3n) is 3.51. The fraction of sp³-hybridized carbons (Fsp3) is 0.300. The third-order valence-corrected chi connectivity index (χ3v) is 4.38. The molecule has 0 saturated carbocycles. The molecule has 2 N–H and O–H groups in total. The number of nitrogens with one attached hydrogen (secondary N) is 2. The quantitative estimate of drug-likeness (QED) is 0.591. The van der Waals surface area contributed by atoms with Crippen LogP contribution in [-0.2, 0) is 9.53 Å². The monoisotopic (exact) mass is 402 g/mol. The van der Waals surface area contributed by atoms with Crippen molar-refractivity contribution < 1.29 is 23.9 Å². The summed E-state index contributed by atoms with van der Waals surface area (Å²) in [5, 5.41) is 6.46. The largest absolute Gasteiger partial charge is 0.449 e. The Kier molecular flexibility index (Phi) is 6.69.